The van der Waals surface area contributed by atoms with Gasteiger partial charge in [0.1, 0.15) is 17.7 Å². The van der Waals surface area contributed by atoms with Gasteiger partial charge in [-0.15, -0.1) is 0 Å². The molecular formula is C17H15FN2O3S. The van der Waals surface area contributed by atoms with Gasteiger partial charge in [-0.2, -0.15) is 9.57 Å². The first-order valence-electron chi connectivity index (χ1n) is 7.41. The van der Waals surface area contributed by atoms with E-state index in [9.17, 15) is 12.8 Å². The third-order valence-electron chi connectivity index (χ3n) is 3.83. The summed E-state index contributed by atoms with van der Waals surface area (Å²) in [6.45, 7) is 0.543. The highest BCUT2D eigenvalue weighted by Gasteiger charge is 2.33. The molecule has 2 aromatic carbocycles. The van der Waals surface area contributed by atoms with Crippen LogP contribution in [0.4, 0.5) is 4.39 Å². The Balaban J connectivity index is 1.71. The van der Waals surface area contributed by atoms with Gasteiger partial charge in [0.05, 0.1) is 23.1 Å². The van der Waals surface area contributed by atoms with Crippen molar-refractivity contribution in [3.63, 3.8) is 0 Å². The molecule has 124 valence electrons. The maximum Gasteiger partial charge on any atom is 0.243 e. The van der Waals surface area contributed by atoms with Gasteiger partial charge in [-0.1, -0.05) is 6.07 Å². The van der Waals surface area contributed by atoms with Crippen molar-refractivity contribution in [2.24, 2.45) is 0 Å². The fraction of sp³-hybridized carbons (Fsp3) is 0.235. The molecule has 1 unspecified atom stereocenters. The lowest BCUT2D eigenvalue weighted by atomic mass is 10.2. The molecule has 2 aromatic rings. The third kappa shape index (κ3) is 3.40. The number of hydrogen-bond acceptors (Lipinski definition) is 4. The lowest BCUT2D eigenvalue weighted by molar-refractivity contribution is 0.214. The van der Waals surface area contributed by atoms with E-state index in [1.54, 1.807) is 12.1 Å². The van der Waals surface area contributed by atoms with Crippen LogP contribution in [0.1, 0.15) is 12.0 Å². The van der Waals surface area contributed by atoms with E-state index < -0.39 is 15.8 Å². The molecule has 1 aliphatic rings. The number of nitriles is 1. The van der Waals surface area contributed by atoms with Crippen LogP contribution in [-0.2, 0) is 10.0 Å². The van der Waals surface area contributed by atoms with Gasteiger partial charge in [0.15, 0.2) is 0 Å². The van der Waals surface area contributed by atoms with Gasteiger partial charge >= 0.3 is 0 Å². The van der Waals surface area contributed by atoms with E-state index in [0.29, 0.717) is 24.3 Å². The summed E-state index contributed by atoms with van der Waals surface area (Å²) in [7, 11) is -3.63. The third-order valence-corrected chi connectivity index (χ3v) is 5.71. The summed E-state index contributed by atoms with van der Waals surface area (Å²) in [6.07, 6.45) is 0.214. The highest BCUT2D eigenvalue weighted by atomic mass is 32.2. The fourth-order valence-corrected chi connectivity index (χ4v) is 4.08. The Morgan fingerprint density at radius 2 is 1.96 bits per heavy atom. The van der Waals surface area contributed by atoms with E-state index >= 15 is 0 Å². The zero-order valence-electron chi connectivity index (χ0n) is 12.7. The van der Waals surface area contributed by atoms with Crippen LogP contribution in [0.3, 0.4) is 0 Å². The van der Waals surface area contributed by atoms with Crippen LogP contribution in [0.2, 0.25) is 0 Å². The summed E-state index contributed by atoms with van der Waals surface area (Å²) < 4.78 is 45.4. The van der Waals surface area contributed by atoms with Crippen LogP contribution < -0.4 is 4.74 Å². The lowest BCUT2D eigenvalue weighted by Gasteiger charge is -2.17. The normalized spacial score (nSPS) is 18.2. The molecule has 1 fully saturated rings. The lowest BCUT2D eigenvalue weighted by Crippen LogP contribution is -2.31. The minimum atomic E-state index is -3.63. The number of nitrogens with zero attached hydrogens (tertiary/aromatic N) is 2. The fourth-order valence-electron chi connectivity index (χ4n) is 2.60. The van der Waals surface area contributed by atoms with Crippen molar-refractivity contribution in [2.45, 2.75) is 17.4 Å². The van der Waals surface area contributed by atoms with Crippen molar-refractivity contribution < 1.29 is 17.5 Å². The van der Waals surface area contributed by atoms with Gasteiger partial charge in [0.25, 0.3) is 0 Å². The summed E-state index contributed by atoms with van der Waals surface area (Å²) in [5.41, 5.74) is 0.405. The topological polar surface area (TPSA) is 70.4 Å². The maximum atomic E-state index is 13.2. The largest absolute Gasteiger partial charge is 0.489 e. The molecule has 0 aromatic heterocycles. The van der Waals surface area contributed by atoms with Crippen LogP contribution in [0, 0.1) is 17.1 Å². The minimum absolute atomic E-state index is 0.146. The second kappa shape index (κ2) is 6.59. The number of sulfonamides is 1. The Hall–Kier alpha value is -2.43. The van der Waals surface area contributed by atoms with Gasteiger partial charge in [-0.05, 0) is 42.8 Å². The highest BCUT2D eigenvalue weighted by Crippen LogP contribution is 2.24. The average Bonchev–Trinajstić information content (AvgIpc) is 3.04. The van der Waals surface area contributed by atoms with Gasteiger partial charge in [-0.3, -0.25) is 0 Å². The second-order valence-corrected chi connectivity index (χ2v) is 7.42. The molecule has 1 aliphatic heterocycles. The summed E-state index contributed by atoms with van der Waals surface area (Å²) in [4.78, 5) is 0.146. The van der Waals surface area contributed by atoms with Crippen molar-refractivity contribution in [3.05, 3.63) is 59.9 Å². The molecule has 1 heterocycles. The summed E-state index contributed by atoms with van der Waals surface area (Å²) in [5.74, 6) is -0.00909. The number of benzene rings is 2. The van der Waals surface area contributed by atoms with Crippen LogP contribution in [-0.4, -0.2) is 31.9 Å². The molecule has 7 heteroatoms. The molecule has 0 spiro atoms. The number of ether oxygens (including phenoxy) is 1. The number of halogens is 1. The molecule has 0 radical (unpaired) electrons. The summed E-state index contributed by atoms with van der Waals surface area (Å²) in [6, 6.07) is 13.5. The van der Waals surface area contributed by atoms with E-state index in [4.69, 9.17) is 10.00 Å². The Morgan fingerprint density at radius 1 is 1.21 bits per heavy atom. The highest BCUT2D eigenvalue weighted by molar-refractivity contribution is 7.89. The first-order valence-corrected chi connectivity index (χ1v) is 8.85. The summed E-state index contributed by atoms with van der Waals surface area (Å²) in [5, 5.41) is 8.78. The Morgan fingerprint density at radius 3 is 2.62 bits per heavy atom. The molecule has 1 atom stereocenters. The minimum Gasteiger partial charge on any atom is -0.489 e. The maximum absolute atomic E-state index is 13.2. The Kier molecular flexibility index (Phi) is 4.51. The first kappa shape index (κ1) is 16.4. The summed E-state index contributed by atoms with van der Waals surface area (Å²) >= 11 is 0. The van der Waals surface area contributed by atoms with Gasteiger partial charge in [-0.25, -0.2) is 12.8 Å². The van der Waals surface area contributed by atoms with E-state index in [-0.39, 0.29) is 17.5 Å². The van der Waals surface area contributed by atoms with Crippen molar-refractivity contribution in [3.8, 4) is 11.8 Å². The van der Waals surface area contributed by atoms with Crippen LogP contribution in [0.5, 0.6) is 5.75 Å². The average molecular weight is 346 g/mol. The predicted molar refractivity (Wildman–Crippen MR) is 85.3 cm³/mol. The molecule has 3 rings (SSSR count). The molecule has 0 N–H and O–H groups in total. The molecule has 0 saturated carbocycles. The molecule has 5 nitrogen and oxygen atoms in total. The quantitative estimate of drug-likeness (QED) is 0.853. The van der Waals surface area contributed by atoms with Gasteiger partial charge in [0, 0.05) is 12.6 Å². The van der Waals surface area contributed by atoms with E-state index in [0.717, 1.165) is 0 Å². The van der Waals surface area contributed by atoms with E-state index in [2.05, 4.69) is 0 Å². The molecule has 1 saturated heterocycles. The molecule has 0 bridgehead atoms. The molecular weight excluding hydrogens is 331 g/mol. The molecule has 0 amide bonds. The predicted octanol–water partition coefficient (Wildman–Crippen LogP) is 2.54. The van der Waals surface area contributed by atoms with E-state index in [1.807, 2.05) is 6.07 Å². The van der Waals surface area contributed by atoms with Crippen LogP contribution in [0.25, 0.3) is 0 Å². The van der Waals surface area contributed by atoms with Crippen molar-refractivity contribution in [1.29, 1.82) is 5.26 Å². The van der Waals surface area contributed by atoms with Crippen molar-refractivity contribution in [1.82, 2.24) is 4.31 Å². The van der Waals surface area contributed by atoms with Crippen LogP contribution in [0.15, 0.2) is 53.4 Å². The number of hydrogen-bond donors (Lipinski definition) is 0. The van der Waals surface area contributed by atoms with Gasteiger partial charge in [0.2, 0.25) is 10.0 Å². The monoisotopic (exact) mass is 346 g/mol. The zero-order chi connectivity index (χ0) is 17.2. The molecule has 0 aliphatic carbocycles. The second-order valence-electron chi connectivity index (χ2n) is 5.49. The van der Waals surface area contributed by atoms with E-state index in [1.165, 1.54) is 40.7 Å². The Bertz CT molecular complexity index is 875. The first-order chi connectivity index (χ1) is 11.5. The zero-order valence-corrected chi connectivity index (χ0v) is 13.5. The van der Waals surface area contributed by atoms with Crippen molar-refractivity contribution >= 4 is 10.0 Å². The SMILES string of the molecule is N#Cc1ccc(S(=O)(=O)N2CCC(Oc3cccc(F)c3)C2)cc1. The number of rotatable bonds is 4. The van der Waals surface area contributed by atoms with Gasteiger partial charge < -0.3 is 4.74 Å². The standard InChI is InChI=1S/C17H15FN2O3S/c18-14-2-1-3-15(10-14)23-16-8-9-20(12-16)24(21,22)17-6-4-13(11-19)5-7-17/h1-7,10,16H,8-9,12H2. The smallest absolute Gasteiger partial charge is 0.243 e. The van der Waals surface area contributed by atoms with Crippen molar-refractivity contribution in [2.75, 3.05) is 13.1 Å². The Labute approximate surface area is 139 Å². The van der Waals surface area contributed by atoms with Crippen LogP contribution >= 0.6 is 0 Å². The molecule has 24 heavy (non-hydrogen) atoms.